The summed E-state index contributed by atoms with van der Waals surface area (Å²) in [5, 5.41) is 16.7. The molecule has 1 unspecified atom stereocenters. The molecule has 3 heterocycles. The Labute approximate surface area is 195 Å². The maximum Gasteiger partial charge on any atom is 0.258 e. The van der Waals surface area contributed by atoms with E-state index in [2.05, 4.69) is 30.9 Å². The average molecular weight is 454 g/mol. The number of aryl methyl sites for hydroxylation is 2. The molecule has 1 atom stereocenters. The smallest absolute Gasteiger partial charge is 0.258 e. The van der Waals surface area contributed by atoms with Gasteiger partial charge < -0.3 is 10.6 Å². The number of carbonyl (C=O) groups is 2. The molecular weight excluding hydrogens is 430 g/mol. The van der Waals surface area contributed by atoms with Gasteiger partial charge in [0.15, 0.2) is 5.82 Å². The van der Waals surface area contributed by atoms with E-state index in [9.17, 15) is 9.59 Å². The van der Waals surface area contributed by atoms with Crippen LogP contribution in [0.2, 0.25) is 0 Å². The molecule has 0 fully saturated rings. The van der Waals surface area contributed by atoms with Gasteiger partial charge in [-0.1, -0.05) is 24.3 Å². The highest BCUT2D eigenvalue weighted by Gasteiger charge is 2.29. The Hall–Kier alpha value is -4.53. The number of nitrogens with one attached hydrogen (secondary N) is 3. The predicted molar refractivity (Wildman–Crippen MR) is 130 cm³/mol. The number of nitrogens with zero attached hydrogens (tertiary/aromatic N) is 4. The van der Waals surface area contributed by atoms with E-state index in [4.69, 9.17) is 0 Å². The Kier molecular flexibility index (Phi) is 5.51. The highest BCUT2D eigenvalue weighted by atomic mass is 16.2. The van der Waals surface area contributed by atoms with Gasteiger partial charge in [-0.15, -0.1) is 0 Å². The second kappa shape index (κ2) is 8.78. The number of aromatic amines is 1. The first-order valence-corrected chi connectivity index (χ1v) is 10.8. The van der Waals surface area contributed by atoms with Crippen LogP contribution in [0.3, 0.4) is 0 Å². The van der Waals surface area contributed by atoms with Crippen LogP contribution in [0, 0.1) is 6.92 Å². The van der Waals surface area contributed by atoms with Gasteiger partial charge in [-0.2, -0.15) is 10.2 Å². The summed E-state index contributed by atoms with van der Waals surface area (Å²) >= 11 is 0. The van der Waals surface area contributed by atoms with Crippen molar-refractivity contribution < 1.29 is 9.59 Å². The fraction of sp³-hybridized carbons (Fsp3) is 0.160. The number of rotatable bonds is 6. The van der Waals surface area contributed by atoms with Crippen LogP contribution >= 0.6 is 0 Å². The van der Waals surface area contributed by atoms with Crippen molar-refractivity contribution in [3.8, 4) is 0 Å². The van der Waals surface area contributed by atoms with Gasteiger partial charge in [-0.05, 0) is 48.2 Å². The lowest BCUT2D eigenvalue weighted by Crippen LogP contribution is -2.12. The van der Waals surface area contributed by atoms with E-state index in [0.29, 0.717) is 23.5 Å². The normalized spacial score (nSPS) is 14.9. The van der Waals surface area contributed by atoms with Crippen molar-refractivity contribution in [1.82, 2.24) is 20.0 Å². The SMILES string of the molecule is Cc1cc(N=CC2C(=O)Nc3ccc(Cc4ccc(NC(=O)c5cnn(C)c5)cc4)cc32)n[nH]1. The zero-order valence-electron chi connectivity index (χ0n) is 18.7. The maximum atomic E-state index is 12.5. The number of carbonyl (C=O) groups excluding carboxylic acids is 2. The number of hydrogen-bond acceptors (Lipinski definition) is 5. The molecule has 0 saturated carbocycles. The summed E-state index contributed by atoms with van der Waals surface area (Å²) in [4.78, 5) is 29.1. The molecule has 34 heavy (non-hydrogen) atoms. The molecule has 9 nitrogen and oxygen atoms in total. The quantitative estimate of drug-likeness (QED) is 0.386. The minimum atomic E-state index is -0.461. The second-order valence-electron chi connectivity index (χ2n) is 8.31. The van der Waals surface area contributed by atoms with E-state index in [0.717, 1.165) is 28.1 Å². The Balaban J connectivity index is 1.28. The second-order valence-corrected chi connectivity index (χ2v) is 8.31. The number of hydrogen-bond donors (Lipinski definition) is 3. The van der Waals surface area contributed by atoms with E-state index in [1.165, 1.54) is 6.20 Å². The summed E-state index contributed by atoms with van der Waals surface area (Å²) in [6, 6.07) is 15.5. The first-order valence-electron chi connectivity index (χ1n) is 10.8. The van der Waals surface area contributed by atoms with Crippen molar-refractivity contribution in [2.45, 2.75) is 19.3 Å². The van der Waals surface area contributed by atoms with E-state index in [1.807, 2.05) is 55.5 Å². The average Bonchev–Trinajstić information content (AvgIpc) is 3.52. The largest absolute Gasteiger partial charge is 0.325 e. The molecule has 4 aromatic rings. The fourth-order valence-electron chi connectivity index (χ4n) is 3.90. The van der Waals surface area contributed by atoms with Gasteiger partial charge in [0.1, 0.15) is 5.92 Å². The molecule has 9 heteroatoms. The third kappa shape index (κ3) is 4.49. The number of aromatic nitrogens is 4. The van der Waals surface area contributed by atoms with Crippen LogP contribution < -0.4 is 10.6 Å². The Morgan fingerprint density at radius 1 is 1.18 bits per heavy atom. The summed E-state index contributed by atoms with van der Waals surface area (Å²) in [6.07, 6.45) is 5.54. The Morgan fingerprint density at radius 3 is 2.68 bits per heavy atom. The lowest BCUT2D eigenvalue weighted by molar-refractivity contribution is -0.115. The molecule has 2 aromatic heterocycles. The minimum Gasteiger partial charge on any atom is -0.325 e. The molecular formula is C25H23N7O2. The van der Waals surface area contributed by atoms with Gasteiger partial charge in [0.25, 0.3) is 5.91 Å². The number of aliphatic imine (C=N–C) groups is 1. The van der Waals surface area contributed by atoms with Crippen LogP contribution in [-0.2, 0) is 18.3 Å². The zero-order chi connectivity index (χ0) is 23.7. The summed E-state index contributed by atoms with van der Waals surface area (Å²) in [5.74, 6) is -0.214. The van der Waals surface area contributed by atoms with Crippen molar-refractivity contribution in [2.75, 3.05) is 10.6 Å². The molecule has 1 aliphatic heterocycles. The van der Waals surface area contributed by atoms with Gasteiger partial charge >= 0.3 is 0 Å². The molecule has 170 valence electrons. The molecule has 2 aromatic carbocycles. The minimum absolute atomic E-state index is 0.100. The molecule has 0 aliphatic carbocycles. The summed E-state index contributed by atoms with van der Waals surface area (Å²) < 4.78 is 1.59. The molecule has 1 aliphatic rings. The van der Waals surface area contributed by atoms with Gasteiger partial charge in [-0.3, -0.25) is 19.4 Å². The van der Waals surface area contributed by atoms with Crippen LogP contribution in [0.4, 0.5) is 17.2 Å². The molecule has 0 bridgehead atoms. The summed E-state index contributed by atoms with van der Waals surface area (Å²) in [7, 11) is 1.77. The first-order chi connectivity index (χ1) is 16.4. The number of amides is 2. The van der Waals surface area contributed by atoms with Crippen LogP contribution in [0.1, 0.15) is 38.7 Å². The zero-order valence-corrected chi connectivity index (χ0v) is 18.7. The third-order valence-electron chi connectivity index (χ3n) is 5.63. The Morgan fingerprint density at radius 2 is 1.97 bits per heavy atom. The monoisotopic (exact) mass is 453 g/mol. The maximum absolute atomic E-state index is 12.5. The van der Waals surface area contributed by atoms with E-state index < -0.39 is 5.92 Å². The molecule has 5 rings (SSSR count). The van der Waals surface area contributed by atoms with E-state index >= 15 is 0 Å². The number of H-pyrrole nitrogens is 1. The molecule has 2 amide bonds. The lowest BCUT2D eigenvalue weighted by Gasteiger charge is -2.08. The Bertz CT molecular complexity index is 1400. The molecule has 3 N–H and O–H groups in total. The third-order valence-corrected chi connectivity index (χ3v) is 5.63. The van der Waals surface area contributed by atoms with Crippen molar-refractivity contribution >= 4 is 35.2 Å². The van der Waals surface area contributed by atoms with Gasteiger partial charge in [0.05, 0.1) is 11.8 Å². The van der Waals surface area contributed by atoms with Crippen LogP contribution in [-0.4, -0.2) is 38.0 Å². The summed E-state index contributed by atoms with van der Waals surface area (Å²) in [6.45, 7) is 1.90. The highest BCUT2D eigenvalue weighted by molar-refractivity contribution is 6.12. The number of benzene rings is 2. The highest BCUT2D eigenvalue weighted by Crippen LogP contribution is 2.33. The van der Waals surface area contributed by atoms with Crippen molar-refractivity contribution in [3.05, 3.63) is 88.9 Å². The molecule has 0 spiro atoms. The van der Waals surface area contributed by atoms with Gasteiger partial charge in [-0.25, -0.2) is 4.99 Å². The number of fused-ring (bicyclic) bond motifs is 1. The van der Waals surface area contributed by atoms with Crippen molar-refractivity contribution in [2.24, 2.45) is 12.0 Å². The van der Waals surface area contributed by atoms with Crippen LogP contribution in [0.25, 0.3) is 0 Å². The summed E-state index contributed by atoms with van der Waals surface area (Å²) in [5.41, 5.74) is 6.01. The topological polar surface area (TPSA) is 117 Å². The van der Waals surface area contributed by atoms with Gasteiger partial charge in [0.2, 0.25) is 5.91 Å². The molecule has 0 radical (unpaired) electrons. The van der Waals surface area contributed by atoms with Crippen LogP contribution in [0.15, 0.2) is 65.9 Å². The fourth-order valence-corrected chi connectivity index (χ4v) is 3.90. The van der Waals surface area contributed by atoms with Gasteiger partial charge in [0, 0.05) is 42.6 Å². The number of anilines is 2. The van der Waals surface area contributed by atoms with Crippen LogP contribution in [0.5, 0.6) is 0 Å². The van der Waals surface area contributed by atoms with Crippen molar-refractivity contribution in [3.63, 3.8) is 0 Å². The van der Waals surface area contributed by atoms with E-state index in [-0.39, 0.29) is 11.8 Å². The first kappa shape index (κ1) is 21.3. The molecule has 0 saturated heterocycles. The standard InChI is InChI=1S/C25H23N7O2/c1-15-9-23(31-30-15)26-13-21-20-11-17(5-8-22(20)29-25(21)34)10-16-3-6-19(7-4-16)28-24(33)18-12-27-32(2)14-18/h3-9,11-14,21H,10H2,1-2H3,(H,28,33)(H,29,34)(H,30,31). The van der Waals surface area contributed by atoms with E-state index in [1.54, 1.807) is 24.1 Å². The van der Waals surface area contributed by atoms with Crippen molar-refractivity contribution in [1.29, 1.82) is 0 Å². The predicted octanol–water partition coefficient (Wildman–Crippen LogP) is 3.73. The lowest BCUT2D eigenvalue weighted by atomic mass is 9.96.